The number of anilines is 1. The van der Waals surface area contributed by atoms with Gasteiger partial charge in [0.2, 0.25) is 0 Å². The van der Waals surface area contributed by atoms with Crippen LogP contribution in [0.1, 0.15) is 5.69 Å². The summed E-state index contributed by atoms with van der Waals surface area (Å²) in [5.74, 6) is 0. The minimum Gasteiger partial charge on any atom is -0.378 e. The van der Waals surface area contributed by atoms with E-state index >= 15 is 0 Å². The highest BCUT2D eigenvalue weighted by atomic mass is 19.3. The van der Waals surface area contributed by atoms with Crippen molar-refractivity contribution in [2.24, 2.45) is 0 Å². The number of aryl methyl sites for hydroxylation is 1. The molecule has 1 rings (SSSR count). The van der Waals surface area contributed by atoms with Crippen LogP contribution >= 0.6 is 0 Å². The molecular weight excluding hydrogens is 162 g/mol. The third-order valence-electron chi connectivity index (χ3n) is 1.45. The highest BCUT2D eigenvalue weighted by Gasteiger charge is 2.02. The second kappa shape index (κ2) is 3.99. The fourth-order valence-corrected chi connectivity index (χ4v) is 0.858. The first-order chi connectivity index (χ1) is 5.70. The van der Waals surface area contributed by atoms with Crippen molar-refractivity contribution in [3.63, 3.8) is 0 Å². The van der Waals surface area contributed by atoms with Crippen molar-refractivity contribution in [2.45, 2.75) is 13.3 Å². The van der Waals surface area contributed by atoms with E-state index < -0.39 is 6.43 Å². The molecule has 0 spiro atoms. The molecule has 0 aliphatic heterocycles. The Hall–Kier alpha value is -1.19. The summed E-state index contributed by atoms with van der Waals surface area (Å²) in [5, 5.41) is 2.60. The standard InChI is InChI=1S/C8H10F2N2/c1-6-7(3-2-4-11-6)12-5-8(9)10/h2-4,8,12H,5H2,1H3. The molecule has 2 nitrogen and oxygen atoms in total. The Labute approximate surface area is 69.6 Å². The van der Waals surface area contributed by atoms with E-state index in [1.807, 2.05) is 0 Å². The largest absolute Gasteiger partial charge is 0.378 e. The Morgan fingerprint density at radius 2 is 2.33 bits per heavy atom. The summed E-state index contributed by atoms with van der Waals surface area (Å²) in [6.45, 7) is 1.44. The molecule has 0 saturated heterocycles. The molecule has 12 heavy (non-hydrogen) atoms. The van der Waals surface area contributed by atoms with Crippen molar-refractivity contribution in [1.29, 1.82) is 0 Å². The minimum atomic E-state index is -2.33. The van der Waals surface area contributed by atoms with E-state index in [4.69, 9.17) is 0 Å². The Kier molecular flexibility index (Phi) is 2.96. The van der Waals surface area contributed by atoms with Crippen LogP contribution in [0.15, 0.2) is 18.3 Å². The minimum absolute atomic E-state index is 0.327. The smallest absolute Gasteiger partial charge is 0.255 e. The highest BCUT2D eigenvalue weighted by Crippen LogP contribution is 2.10. The Morgan fingerprint density at radius 1 is 1.58 bits per heavy atom. The molecule has 0 aromatic carbocycles. The van der Waals surface area contributed by atoms with Crippen LogP contribution in [0.3, 0.4) is 0 Å². The lowest BCUT2D eigenvalue weighted by Gasteiger charge is -2.06. The normalized spacial score (nSPS) is 10.3. The summed E-state index contributed by atoms with van der Waals surface area (Å²) in [4.78, 5) is 3.95. The average Bonchev–Trinajstić information content (AvgIpc) is 2.03. The van der Waals surface area contributed by atoms with Crippen molar-refractivity contribution in [3.8, 4) is 0 Å². The topological polar surface area (TPSA) is 24.9 Å². The maximum absolute atomic E-state index is 11.8. The number of aromatic nitrogens is 1. The van der Waals surface area contributed by atoms with Crippen LogP contribution in [-0.4, -0.2) is 18.0 Å². The van der Waals surface area contributed by atoms with E-state index in [0.717, 1.165) is 5.69 Å². The van der Waals surface area contributed by atoms with Crippen LogP contribution in [0, 0.1) is 6.92 Å². The zero-order valence-corrected chi connectivity index (χ0v) is 6.72. The molecule has 0 amide bonds. The van der Waals surface area contributed by atoms with Gasteiger partial charge in [-0.15, -0.1) is 0 Å². The number of halogens is 2. The third kappa shape index (κ3) is 2.45. The number of hydrogen-bond donors (Lipinski definition) is 1. The summed E-state index contributed by atoms with van der Waals surface area (Å²) >= 11 is 0. The average molecular weight is 172 g/mol. The van der Waals surface area contributed by atoms with Crippen molar-refractivity contribution < 1.29 is 8.78 Å². The van der Waals surface area contributed by atoms with Gasteiger partial charge in [0, 0.05) is 6.20 Å². The third-order valence-corrected chi connectivity index (χ3v) is 1.45. The number of nitrogens with zero attached hydrogens (tertiary/aromatic N) is 1. The lowest BCUT2D eigenvalue weighted by atomic mass is 10.3. The van der Waals surface area contributed by atoms with E-state index in [9.17, 15) is 8.78 Å². The fraction of sp³-hybridized carbons (Fsp3) is 0.375. The predicted octanol–water partition coefficient (Wildman–Crippen LogP) is 2.07. The number of pyridine rings is 1. The molecule has 0 saturated carbocycles. The van der Waals surface area contributed by atoms with E-state index in [2.05, 4.69) is 10.3 Å². The van der Waals surface area contributed by atoms with Gasteiger partial charge in [0.1, 0.15) is 0 Å². The maximum Gasteiger partial charge on any atom is 0.255 e. The molecule has 1 aromatic rings. The van der Waals surface area contributed by atoms with E-state index in [1.165, 1.54) is 0 Å². The SMILES string of the molecule is Cc1ncccc1NCC(F)F. The van der Waals surface area contributed by atoms with Crippen molar-refractivity contribution in [1.82, 2.24) is 4.98 Å². The fourth-order valence-electron chi connectivity index (χ4n) is 0.858. The van der Waals surface area contributed by atoms with Crippen LogP contribution in [0.25, 0.3) is 0 Å². The van der Waals surface area contributed by atoms with Crippen molar-refractivity contribution >= 4 is 5.69 Å². The molecular formula is C8H10F2N2. The monoisotopic (exact) mass is 172 g/mol. The van der Waals surface area contributed by atoms with Gasteiger partial charge in [0.25, 0.3) is 6.43 Å². The first-order valence-electron chi connectivity index (χ1n) is 3.64. The Balaban J connectivity index is 2.57. The summed E-state index contributed by atoms with van der Waals surface area (Å²) < 4.78 is 23.5. The van der Waals surface area contributed by atoms with Gasteiger partial charge in [0.05, 0.1) is 17.9 Å². The summed E-state index contributed by atoms with van der Waals surface area (Å²) in [6, 6.07) is 3.44. The molecule has 0 atom stereocenters. The molecule has 1 aromatic heterocycles. The van der Waals surface area contributed by atoms with Crippen LogP contribution < -0.4 is 5.32 Å². The molecule has 0 bridgehead atoms. The number of hydrogen-bond acceptors (Lipinski definition) is 2. The van der Waals surface area contributed by atoms with Crippen LogP contribution in [0.5, 0.6) is 0 Å². The second-order valence-corrected chi connectivity index (χ2v) is 2.41. The van der Waals surface area contributed by atoms with Gasteiger partial charge < -0.3 is 5.32 Å². The number of rotatable bonds is 3. The van der Waals surface area contributed by atoms with Crippen LogP contribution in [-0.2, 0) is 0 Å². The van der Waals surface area contributed by atoms with Gasteiger partial charge in [-0.2, -0.15) is 0 Å². The molecule has 0 unspecified atom stereocenters. The van der Waals surface area contributed by atoms with Gasteiger partial charge in [-0.3, -0.25) is 4.98 Å². The van der Waals surface area contributed by atoms with Crippen molar-refractivity contribution in [3.05, 3.63) is 24.0 Å². The zero-order chi connectivity index (χ0) is 8.97. The summed E-state index contributed by atoms with van der Waals surface area (Å²) in [7, 11) is 0. The molecule has 0 radical (unpaired) electrons. The molecule has 0 fully saturated rings. The molecule has 0 aliphatic rings. The number of nitrogens with one attached hydrogen (secondary N) is 1. The maximum atomic E-state index is 11.8. The van der Waals surface area contributed by atoms with E-state index in [-0.39, 0.29) is 6.54 Å². The van der Waals surface area contributed by atoms with Gasteiger partial charge in [-0.1, -0.05) is 0 Å². The summed E-state index contributed by atoms with van der Waals surface area (Å²) in [6.07, 6.45) is -0.701. The molecule has 4 heteroatoms. The van der Waals surface area contributed by atoms with Gasteiger partial charge in [-0.05, 0) is 19.1 Å². The highest BCUT2D eigenvalue weighted by molar-refractivity contribution is 5.46. The molecule has 66 valence electrons. The molecule has 1 N–H and O–H groups in total. The van der Waals surface area contributed by atoms with Crippen molar-refractivity contribution in [2.75, 3.05) is 11.9 Å². The quantitative estimate of drug-likeness (QED) is 0.754. The first kappa shape index (κ1) is 8.90. The zero-order valence-electron chi connectivity index (χ0n) is 6.72. The molecule has 0 aliphatic carbocycles. The van der Waals surface area contributed by atoms with Gasteiger partial charge >= 0.3 is 0 Å². The van der Waals surface area contributed by atoms with Gasteiger partial charge in [-0.25, -0.2) is 8.78 Å². The Morgan fingerprint density at radius 3 is 2.92 bits per heavy atom. The first-order valence-corrected chi connectivity index (χ1v) is 3.64. The van der Waals surface area contributed by atoms with Crippen LogP contribution in [0.4, 0.5) is 14.5 Å². The lowest BCUT2D eigenvalue weighted by molar-refractivity contribution is 0.163. The molecule has 1 heterocycles. The van der Waals surface area contributed by atoms with Crippen LogP contribution in [0.2, 0.25) is 0 Å². The van der Waals surface area contributed by atoms with Gasteiger partial charge in [0.15, 0.2) is 0 Å². The Bertz CT molecular complexity index is 251. The lowest BCUT2D eigenvalue weighted by Crippen LogP contribution is -2.11. The summed E-state index contributed by atoms with van der Waals surface area (Å²) in [5.41, 5.74) is 1.40. The van der Waals surface area contributed by atoms with E-state index in [0.29, 0.717) is 5.69 Å². The van der Waals surface area contributed by atoms with E-state index in [1.54, 1.807) is 25.3 Å². The second-order valence-electron chi connectivity index (χ2n) is 2.41. The predicted molar refractivity (Wildman–Crippen MR) is 43.5 cm³/mol. The number of alkyl halides is 2.